The highest BCUT2D eigenvalue weighted by Crippen LogP contribution is 2.29. The van der Waals surface area contributed by atoms with Gasteiger partial charge in [0.25, 0.3) is 0 Å². The quantitative estimate of drug-likeness (QED) is 0.872. The third-order valence-electron chi connectivity index (χ3n) is 3.64. The summed E-state index contributed by atoms with van der Waals surface area (Å²) in [6.07, 6.45) is 1.75. The van der Waals surface area contributed by atoms with Crippen LogP contribution in [0.4, 0.5) is 0 Å². The summed E-state index contributed by atoms with van der Waals surface area (Å²) in [4.78, 5) is 13.3. The molecule has 0 saturated carbocycles. The van der Waals surface area contributed by atoms with Crippen LogP contribution in [0, 0.1) is 6.92 Å². The lowest BCUT2D eigenvalue weighted by molar-refractivity contribution is -0.142. The zero-order valence-corrected chi connectivity index (χ0v) is 10.4. The van der Waals surface area contributed by atoms with Gasteiger partial charge in [0.2, 0.25) is 0 Å². The molecule has 0 spiro atoms. The number of carbonyl (C=O) groups is 1. The summed E-state index contributed by atoms with van der Waals surface area (Å²) in [5.41, 5.74) is 2.43. The first-order chi connectivity index (χ1) is 8.09. The largest absolute Gasteiger partial charge is 0.480 e. The first kappa shape index (κ1) is 12.1. The Hall–Kier alpha value is -1.35. The zero-order valence-electron chi connectivity index (χ0n) is 10.4. The van der Waals surface area contributed by atoms with E-state index in [9.17, 15) is 9.90 Å². The maximum absolute atomic E-state index is 11.2. The molecule has 0 aliphatic carbocycles. The van der Waals surface area contributed by atoms with E-state index in [-0.39, 0.29) is 12.1 Å². The van der Waals surface area contributed by atoms with Crippen LogP contribution < -0.4 is 0 Å². The molecule has 1 saturated heterocycles. The molecule has 3 nitrogen and oxygen atoms in total. The fourth-order valence-corrected chi connectivity index (χ4v) is 2.55. The second kappa shape index (κ2) is 4.88. The fourth-order valence-electron chi connectivity index (χ4n) is 2.55. The Morgan fingerprint density at radius 2 is 2.06 bits per heavy atom. The van der Waals surface area contributed by atoms with Gasteiger partial charge < -0.3 is 5.11 Å². The summed E-state index contributed by atoms with van der Waals surface area (Å²) < 4.78 is 0. The monoisotopic (exact) mass is 233 g/mol. The zero-order chi connectivity index (χ0) is 12.4. The summed E-state index contributed by atoms with van der Waals surface area (Å²) in [5.74, 6) is -0.693. The van der Waals surface area contributed by atoms with E-state index in [0.717, 1.165) is 19.4 Å². The number of aryl methyl sites for hydroxylation is 1. The lowest BCUT2D eigenvalue weighted by atomic mass is 10.0. The van der Waals surface area contributed by atoms with Crippen LogP contribution in [0.3, 0.4) is 0 Å². The van der Waals surface area contributed by atoms with E-state index in [2.05, 4.69) is 43.0 Å². The van der Waals surface area contributed by atoms with Crippen LogP contribution in [-0.2, 0) is 4.79 Å². The molecule has 1 aliphatic rings. The minimum Gasteiger partial charge on any atom is -0.480 e. The van der Waals surface area contributed by atoms with Gasteiger partial charge in [-0.1, -0.05) is 29.8 Å². The van der Waals surface area contributed by atoms with Gasteiger partial charge >= 0.3 is 5.97 Å². The molecule has 92 valence electrons. The van der Waals surface area contributed by atoms with Crippen molar-refractivity contribution in [2.45, 2.75) is 38.8 Å². The molecule has 1 fully saturated rings. The predicted octanol–water partition coefficient (Wildman–Crippen LogP) is 2.61. The standard InChI is InChI=1S/C14H19NO2/c1-10-5-7-12(8-6-10)11(2)15-9-3-4-13(15)14(16)17/h5-8,11,13H,3-4,9H2,1-2H3,(H,16,17)/t11?,13-/m0/s1. The highest BCUT2D eigenvalue weighted by atomic mass is 16.4. The first-order valence-corrected chi connectivity index (χ1v) is 6.14. The molecular formula is C14H19NO2. The Morgan fingerprint density at radius 3 is 2.65 bits per heavy atom. The van der Waals surface area contributed by atoms with Crippen LogP contribution in [0.2, 0.25) is 0 Å². The number of aliphatic carboxylic acids is 1. The molecule has 0 amide bonds. The average Bonchev–Trinajstić information content (AvgIpc) is 2.78. The highest BCUT2D eigenvalue weighted by Gasteiger charge is 2.33. The Labute approximate surface area is 102 Å². The Balaban J connectivity index is 2.16. The van der Waals surface area contributed by atoms with E-state index in [1.165, 1.54) is 11.1 Å². The topological polar surface area (TPSA) is 40.5 Å². The molecule has 17 heavy (non-hydrogen) atoms. The van der Waals surface area contributed by atoms with Gasteiger partial charge in [0.05, 0.1) is 0 Å². The smallest absolute Gasteiger partial charge is 0.320 e. The molecule has 2 rings (SSSR count). The van der Waals surface area contributed by atoms with Crippen molar-refractivity contribution in [3.63, 3.8) is 0 Å². The second-order valence-electron chi connectivity index (χ2n) is 4.82. The predicted molar refractivity (Wildman–Crippen MR) is 67.0 cm³/mol. The molecule has 1 aliphatic heterocycles. The second-order valence-corrected chi connectivity index (χ2v) is 4.82. The summed E-state index contributed by atoms with van der Waals surface area (Å²) in [7, 11) is 0. The molecule has 0 aromatic heterocycles. The third kappa shape index (κ3) is 2.50. The molecule has 2 atom stereocenters. The van der Waals surface area contributed by atoms with E-state index in [1.54, 1.807) is 0 Å². The maximum Gasteiger partial charge on any atom is 0.320 e. The minimum absolute atomic E-state index is 0.180. The van der Waals surface area contributed by atoms with Gasteiger partial charge in [0.1, 0.15) is 6.04 Å². The lowest BCUT2D eigenvalue weighted by Crippen LogP contribution is -2.37. The molecule has 1 aromatic carbocycles. The summed E-state index contributed by atoms with van der Waals surface area (Å²) in [6.45, 7) is 5.03. The van der Waals surface area contributed by atoms with Gasteiger partial charge in [-0.05, 0) is 38.8 Å². The van der Waals surface area contributed by atoms with E-state index >= 15 is 0 Å². The Bertz CT molecular complexity index is 399. The van der Waals surface area contributed by atoms with Crippen LogP contribution in [-0.4, -0.2) is 28.6 Å². The van der Waals surface area contributed by atoms with Crippen molar-refractivity contribution < 1.29 is 9.90 Å². The first-order valence-electron chi connectivity index (χ1n) is 6.14. The van der Waals surface area contributed by atoms with Gasteiger partial charge in [0.15, 0.2) is 0 Å². The Kier molecular flexibility index (Phi) is 3.48. The van der Waals surface area contributed by atoms with Gasteiger partial charge in [0, 0.05) is 6.04 Å². The normalized spacial score (nSPS) is 22.6. The molecule has 1 heterocycles. The number of hydrogen-bond donors (Lipinski definition) is 1. The van der Waals surface area contributed by atoms with E-state index in [0.29, 0.717) is 0 Å². The van der Waals surface area contributed by atoms with Crippen molar-refractivity contribution >= 4 is 5.97 Å². The van der Waals surface area contributed by atoms with E-state index in [4.69, 9.17) is 0 Å². The van der Waals surface area contributed by atoms with E-state index in [1.807, 2.05) is 0 Å². The molecule has 1 N–H and O–H groups in total. The number of carboxylic acid groups (broad SMARTS) is 1. The van der Waals surface area contributed by atoms with Crippen LogP contribution in [0.25, 0.3) is 0 Å². The number of rotatable bonds is 3. The number of hydrogen-bond acceptors (Lipinski definition) is 2. The minimum atomic E-state index is -0.693. The summed E-state index contributed by atoms with van der Waals surface area (Å²) in [5, 5.41) is 9.18. The van der Waals surface area contributed by atoms with Crippen LogP contribution in [0.1, 0.15) is 36.9 Å². The maximum atomic E-state index is 11.2. The lowest BCUT2D eigenvalue weighted by Gasteiger charge is -2.28. The molecule has 1 unspecified atom stereocenters. The van der Waals surface area contributed by atoms with Gasteiger partial charge in [-0.15, -0.1) is 0 Å². The van der Waals surface area contributed by atoms with Gasteiger partial charge in [-0.2, -0.15) is 0 Å². The van der Waals surface area contributed by atoms with Gasteiger partial charge in [-0.25, -0.2) is 0 Å². The Morgan fingerprint density at radius 1 is 1.41 bits per heavy atom. The number of nitrogens with zero attached hydrogens (tertiary/aromatic N) is 1. The van der Waals surface area contributed by atoms with Crippen LogP contribution >= 0.6 is 0 Å². The highest BCUT2D eigenvalue weighted by molar-refractivity contribution is 5.73. The number of carboxylic acids is 1. The molecule has 3 heteroatoms. The van der Waals surface area contributed by atoms with Crippen molar-refractivity contribution in [3.05, 3.63) is 35.4 Å². The van der Waals surface area contributed by atoms with Crippen LogP contribution in [0.15, 0.2) is 24.3 Å². The van der Waals surface area contributed by atoms with E-state index < -0.39 is 5.97 Å². The molecule has 0 bridgehead atoms. The van der Waals surface area contributed by atoms with Crippen molar-refractivity contribution in [3.8, 4) is 0 Å². The number of benzene rings is 1. The number of likely N-dealkylation sites (tertiary alicyclic amines) is 1. The average molecular weight is 233 g/mol. The van der Waals surface area contributed by atoms with Crippen molar-refractivity contribution in [1.82, 2.24) is 4.90 Å². The van der Waals surface area contributed by atoms with Crippen molar-refractivity contribution in [2.75, 3.05) is 6.54 Å². The van der Waals surface area contributed by atoms with Crippen molar-refractivity contribution in [2.24, 2.45) is 0 Å². The fraction of sp³-hybridized carbons (Fsp3) is 0.500. The third-order valence-corrected chi connectivity index (χ3v) is 3.64. The summed E-state index contributed by atoms with van der Waals surface area (Å²) >= 11 is 0. The van der Waals surface area contributed by atoms with Crippen molar-refractivity contribution in [1.29, 1.82) is 0 Å². The summed E-state index contributed by atoms with van der Waals surface area (Å²) in [6, 6.07) is 8.22. The SMILES string of the molecule is Cc1ccc(C(C)N2CCC[C@H]2C(=O)O)cc1. The van der Waals surface area contributed by atoms with Gasteiger partial charge in [-0.3, -0.25) is 9.69 Å². The molecular weight excluding hydrogens is 214 g/mol. The molecule has 0 radical (unpaired) electrons. The molecule has 1 aromatic rings. The van der Waals surface area contributed by atoms with Crippen LogP contribution in [0.5, 0.6) is 0 Å².